The largest absolute Gasteiger partial charge is 0.442 e. The first-order valence-corrected chi connectivity index (χ1v) is 7.14. The highest BCUT2D eigenvalue weighted by molar-refractivity contribution is 9.08. The molecule has 0 N–H and O–H groups in total. The summed E-state index contributed by atoms with van der Waals surface area (Å²) in [5, 5.41) is 12.6. The SMILES string of the molecule is O=[N+]([O-])c1oc2c(CBr)cccc2c1-c1ccccc1. The second-order valence-electron chi connectivity index (χ2n) is 4.33. The van der Waals surface area contributed by atoms with E-state index >= 15 is 0 Å². The van der Waals surface area contributed by atoms with Crippen molar-refractivity contribution < 1.29 is 9.34 Å². The van der Waals surface area contributed by atoms with Gasteiger partial charge in [0.05, 0.1) is 0 Å². The number of para-hydroxylation sites is 1. The average Bonchev–Trinajstić information content (AvgIpc) is 2.87. The van der Waals surface area contributed by atoms with Gasteiger partial charge >= 0.3 is 5.88 Å². The predicted molar refractivity (Wildman–Crippen MR) is 80.9 cm³/mol. The highest BCUT2D eigenvalue weighted by atomic mass is 79.9. The van der Waals surface area contributed by atoms with Gasteiger partial charge in [-0.25, -0.2) is 0 Å². The van der Waals surface area contributed by atoms with Crippen LogP contribution in [0.15, 0.2) is 52.9 Å². The van der Waals surface area contributed by atoms with Crippen molar-refractivity contribution >= 4 is 32.8 Å². The van der Waals surface area contributed by atoms with Crippen LogP contribution in [-0.4, -0.2) is 4.92 Å². The molecule has 0 saturated heterocycles. The summed E-state index contributed by atoms with van der Waals surface area (Å²) in [6.07, 6.45) is 0. The van der Waals surface area contributed by atoms with E-state index in [0.717, 1.165) is 16.5 Å². The first kappa shape index (κ1) is 12.9. The van der Waals surface area contributed by atoms with E-state index in [1.165, 1.54) is 0 Å². The van der Waals surface area contributed by atoms with Crippen molar-refractivity contribution in [3.05, 3.63) is 64.2 Å². The zero-order valence-corrected chi connectivity index (χ0v) is 12.0. The zero-order chi connectivity index (χ0) is 14.1. The van der Waals surface area contributed by atoms with Gasteiger partial charge in [-0.05, 0) is 5.56 Å². The van der Waals surface area contributed by atoms with Crippen LogP contribution in [-0.2, 0) is 5.33 Å². The normalized spacial score (nSPS) is 10.8. The average molecular weight is 332 g/mol. The van der Waals surface area contributed by atoms with Gasteiger partial charge in [0.25, 0.3) is 0 Å². The molecule has 0 aliphatic rings. The van der Waals surface area contributed by atoms with Crippen molar-refractivity contribution in [2.75, 3.05) is 0 Å². The van der Waals surface area contributed by atoms with Crippen LogP contribution in [0.4, 0.5) is 5.88 Å². The Morgan fingerprint density at radius 1 is 1.10 bits per heavy atom. The molecule has 2 aromatic carbocycles. The first-order valence-electron chi connectivity index (χ1n) is 6.02. The van der Waals surface area contributed by atoms with Gasteiger partial charge in [0.15, 0.2) is 0 Å². The fourth-order valence-electron chi connectivity index (χ4n) is 2.28. The molecule has 20 heavy (non-hydrogen) atoms. The minimum absolute atomic E-state index is 0.209. The minimum atomic E-state index is -0.472. The maximum Gasteiger partial charge on any atom is 0.442 e. The zero-order valence-electron chi connectivity index (χ0n) is 10.4. The topological polar surface area (TPSA) is 56.3 Å². The number of halogens is 1. The van der Waals surface area contributed by atoms with E-state index in [2.05, 4.69) is 15.9 Å². The van der Waals surface area contributed by atoms with E-state index < -0.39 is 4.92 Å². The number of benzene rings is 2. The minimum Gasteiger partial charge on any atom is -0.400 e. The van der Waals surface area contributed by atoms with Crippen LogP contribution in [0.5, 0.6) is 0 Å². The van der Waals surface area contributed by atoms with E-state index in [9.17, 15) is 10.1 Å². The Kier molecular flexibility index (Phi) is 3.28. The molecular formula is C15H10BrNO3. The van der Waals surface area contributed by atoms with Crippen molar-refractivity contribution in [3.8, 4) is 11.1 Å². The van der Waals surface area contributed by atoms with E-state index in [1.807, 2.05) is 48.5 Å². The lowest BCUT2D eigenvalue weighted by atomic mass is 10.0. The van der Waals surface area contributed by atoms with Crippen LogP contribution in [0, 0.1) is 10.1 Å². The Balaban J connectivity index is 2.40. The number of hydrogen-bond acceptors (Lipinski definition) is 3. The summed E-state index contributed by atoms with van der Waals surface area (Å²) in [5.74, 6) is -0.209. The highest BCUT2D eigenvalue weighted by Crippen LogP contribution is 2.41. The molecule has 1 heterocycles. The lowest BCUT2D eigenvalue weighted by molar-refractivity contribution is -0.400. The van der Waals surface area contributed by atoms with Crippen LogP contribution < -0.4 is 0 Å². The fourth-order valence-corrected chi connectivity index (χ4v) is 2.72. The van der Waals surface area contributed by atoms with Crippen molar-refractivity contribution in [3.63, 3.8) is 0 Å². The van der Waals surface area contributed by atoms with Crippen LogP contribution in [0.25, 0.3) is 22.1 Å². The molecule has 0 radical (unpaired) electrons. The standard InChI is InChI=1S/C15H10BrNO3/c16-9-11-7-4-8-12-13(10-5-2-1-3-6-10)15(17(18)19)20-14(11)12/h1-8H,9H2. The summed E-state index contributed by atoms with van der Waals surface area (Å²) < 4.78 is 5.51. The summed E-state index contributed by atoms with van der Waals surface area (Å²) in [6, 6.07) is 14.9. The quantitative estimate of drug-likeness (QED) is 0.389. The van der Waals surface area contributed by atoms with Gasteiger partial charge in [0, 0.05) is 16.3 Å². The summed E-state index contributed by atoms with van der Waals surface area (Å²) in [6.45, 7) is 0. The molecule has 5 heteroatoms. The molecular weight excluding hydrogens is 322 g/mol. The molecule has 1 aromatic heterocycles. The molecule has 100 valence electrons. The molecule has 0 amide bonds. The van der Waals surface area contributed by atoms with E-state index in [1.54, 1.807) is 0 Å². The van der Waals surface area contributed by atoms with Crippen molar-refractivity contribution in [2.24, 2.45) is 0 Å². The first-order chi connectivity index (χ1) is 9.72. The Bertz CT molecular complexity index is 780. The van der Waals surface area contributed by atoms with Gasteiger partial charge in [0.1, 0.15) is 16.1 Å². The van der Waals surface area contributed by atoms with Gasteiger partial charge in [-0.15, -0.1) is 0 Å². The van der Waals surface area contributed by atoms with E-state index in [-0.39, 0.29) is 5.88 Å². The van der Waals surface area contributed by atoms with Gasteiger partial charge in [-0.3, -0.25) is 10.1 Å². The van der Waals surface area contributed by atoms with Crippen molar-refractivity contribution in [2.45, 2.75) is 5.33 Å². The number of hydrogen-bond donors (Lipinski definition) is 0. The summed E-state index contributed by atoms with van der Waals surface area (Å²) >= 11 is 3.38. The predicted octanol–water partition coefficient (Wildman–Crippen LogP) is 4.90. The Labute approximate surface area is 123 Å². The number of rotatable bonds is 3. The number of alkyl halides is 1. The van der Waals surface area contributed by atoms with Crippen LogP contribution in [0.3, 0.4) is 0 Å². The molecule has 0 unspecified atom stereocenters. The van der Waals surface area contributed by atoms with Gasteiger partial charge < -0.3 is 4.42 Å². The summed E-state index contributed by atoms with van der Waals surface area (Å²) in [4.78, 5) is 10.8. The third kappa shape index (κ3) is 2.00. The van der Waals surface area contributed by atoms with Gasteiger partial charge in [-0.2, -0.15) is 0 Å². The van der Waals surface area contributed by atoms with Crippen LogP contribution in [0.2, 0.25) is 0 Å². The lowest BCUT2D eigenvalue weighted by Gasteiger charge is -1.98. The van der Waals surface area contributed by atoms with E-state index in [0.29, 0.717) is 16.5 Å². The molecule has 0 spiro atoms. The number of nitrogens with zero attached hydrogens (tertiary/aromatic N) is 1. The molecule has 3 aromatic rings. The number of fused-ring (bicyclic) bond motifs is 1. The van der Waals surface area contributed by atoms with E-state index in [4.69, 9.17) is 4.42 Å². The van der Waals surface area contributed by atoms with Crippen LogP contribution >= 0.6 is 15.9 Å². The molecule has 0 aliphatic carbocycles. The second-order valence-corrected chi connectivity index (χ2v) is 4.89. The Hall–Kier alpha value is -2.14. The number of furan rings is 1. The maximum atomic E-state index is 11.3. The van der Waals surface area contributed by atoms with Crippen molar-refractivity contribution in [1.29, 1.82) is 0 Å². The fraction of sp³-hybridized carbons (Fsp3) is 0.0667. The maximum absolute atomic E-state index is 11.3. The Morgan fingerprint density at radius 3 is 2.50 bits per heavy atom. The van der Waals surface area contributed by atoms with Crippen LogP contribution in [0.1, 0.15) is 5.56 Å². The second kappa shape index (κ2) is 5.09. The van der Waals surface area contributed by atoms with Crippen molar-refractivity contribution in [1.82, 2.24) is 0 Å². The molecule has 0 aliphatic heterocycles. The monoisotopic (exact) mass is 331 g/mol. The molecule has 3 rings (SSSR count). The molecule has 0 saturated carbocycles. The van der Waals surface area contributed by atoms with Gasteiger partial charge in [0.2, 0.25) is 0 Å². The smallest absolute Gasteiger partial charge is 0.400 e. The molecule has 4 nitrogen and oxygen atoms in total. The third-order valence-electron chi connectivity index (χ3n) is 3.15. The summed E-state index contributed by atoms with van der Waals surface area (Å²) in [7, 11) is 0. The lowest BCUT2D eigenvalue weighted by Crippen LogP contribution is -1.87. The molecule has 0 atom stereocenters. The Morgan fingerprint density at radius 2 is 1.85 bits per heavy atom. The number of nitro groups is 1. The highest BCUT2D eigenvalue weighted by Gasteiger charge is 2.26. The third-order valence-corrected chi connectivity index (χ3v) is 3.75. The van der Waals surface area contributed by atoms with Gasteiger partial charge in [-0.1, -0.05) is 64.5 Å². The molecule has 0 fully saturated rings. The molecule has 0 bridgehead atoms. The summed E-state index contributed by atoms with van der Waals surface area (Å²) in [5.41, 5.74) is 2.78.